The van der Waals surface area contributed by atoms with Crippen molar-refractivity contribution < 1.29 is 0 Å². The Morgan fingerprint density at radius 3 is 2.79 bits per heavy atom. The fourth-order valence-corrected chi connectivity index (χ4v) is 2.38. The first-order valence-electron chi connectivity index (χ1n) is 4.46. The molecule has 1 heterocycles. The third kappa shape index (κ3) is 2.57. The van der Waals surface area contributed by atoms with Gasteiger partial charge in [-0.25, -0.2) is 0 Å². The fourth-order valence-electron chi connectivity index (χ4n) is 1.77. The van der Waals surface area contributed by atoms with Crippen molar-refractivity contribution >= 4 is 36.6 Å². The van der Waals surface area contributed by atoms with Crippen LogP contribution in [0.4, 0.5) is 0 Å². The fraction of sp³-hybridized carbons (Fsp3) is 0.400. The number of hydrogen-bond acceptors (Lipinski definition) is 2. The predicted molar refractivity (Wildman–Crippen MR) is 66.2 cm³/mol. The highest BCUT2D eigenvalue weighted by atomic mass is 35.5. The van der Waals surface area contributed by atoms with E-state index in [2.05, 4.69) is 24.0 Å². The van der Waals surface area contributed by atoms with Crippen LogP contribution in [0, 0.1) is 0 Å². The van der Waals surface area contributed by atoms with Gasteiger partial charge in [-0.2, -0.15) is 0 Å². The molecule has 0 radical (unpaired) electrons. The second kappa shape index (κ2) is 5.26. The van der Waals surface area contributed by atoms with Crippen molar-refractivity contribution in [2.75, 3.05) is 13.1 Å². The maximum Gasteiger partial charge on any atom is 0.0452 e. The van der Waals surface area contributed by atoms with Crippen molar-refractivity contribution in [2.24, 2.45) is 0 Å². The Balaban J connectivity index is 0.000000980. The molecule has 78 valence electrons. The normalized spacial score (nSPS) is 20.6. The summed E-state index contributed by atoms with van der Waals surface area (Å²) in [6, 6.07) is 6.00. The Bertz CT molecular complexity index is 311. The lowest BCUT2D eigenvalue weighted by atomic mass is 9.98. The molecule has 0 amide bonds. The Labute approximate surface area is 101 Å². The van der Waals surface area contributed by atoms with E-state index in [1.54, 1.807) is 0 Å². The predicted octanol–water partition coefficient (Wildman–Crippen LogP) is 3.13. The third-order valence-electron chi connectivity index (χ3n) is 2.48. The molecule has 1 atom stereocenters. The number of hydrogen-bond donors (Lipinski definition) is 2. The molecular formula is C10H13Cl2NS. The van der Waals surface area contributed by atoms with E-state index in [1.807, 2.05) is 12.1 Å². The average Bonchev–Trinajstić information content (AvgIpc) is 2.56. The van der Waals surface area contributed by atoms with Gasteiger partial charge < -0.3 is 5.32 Å². The van der Waals surface area contributed by atoms with Gasteiger partial charge in [-0.05, 0) is 36.6 Å². The van der Waals surface area contributed by atoms with Crippen molar-refractivity contribution in [3.63, 3.8) is 0 Å². The minimum absolute atomic E-state index is 0. The van der Waals surface area contributed by atoms with E-state index < -0.39 is 0 Å². The Hall–Kier alpha value is 0.110. The smallest absolute Gasteiger partial charge is 0.0452 e. The number of benzene rings is 1. The van der Waals surface area contributed by atoms with Gasteiger partial charge in [-0.3, -0.25) is 0 Å². The Morgan fingerprint density at radius 1 is 1.43 bits per heavy atom. The summed E-state index contributed by atoms with van der Waals surface area (Å²) in [4.78, 5) is 0.930. The molecule has 14 heavy (non-hydrogen) atoms. The van der Waals surface area contributed by atoms with Gasteiger partial charge in [-0.15, -0.1) is 25.0 Å². The third-order valence-corrected chi connectivity index (χ3v) is 3.09. The molecular weight excluding hydrogens is 237 g/mol. The van der Waals surface area contributed by atoms with Crippen LogP contribution in [-0.4, -0.2) is 13.1 Å². The first-order valence-corrected chi connectivity index (χ1v) is 5.29. The summed E-state index contributed by atoms with van der Waals surface area (Å²) in [7, 11) is 0. The molecule has 1 aliphatic rings. The quantitative estimate of drug-likeness (QED) is 0.730. The van der Waals surface area contributed by atoms with Gasteiger partial charge in [0.15, 0.2) is 0 Å². The van der Waals surface area contributed by atoms with Gasteiger partial charge in [0.05, 0.1) is 0 Å². The molecule has 1 nitrogen and oxygen atoms in total. The first-order chi connectivity index (χ1) is 6.27. The minimum atomic E-state index is 0. The summed E-state index contributed by atoms with van der Waals surface area (Å²) in [5, 5.41) is 4.18. The largest absolute Gasteiger partial charge is 0.316 e. The van der Waals surface area contributed by atoms with Crippen molar-refractivity contribution in [3.05, 3.63) is 28.8 Å². The van der Waals surface area contributed by atoms with Crippen molar-refractivity contribution in [1.29, 1.82) is 0 Å². The molecule has 2 rings (SSSR count). The SMILES string of the molecule is Cl.Sc1ccc([C@H]2CCNC2)c(Cl)c1. The molecule has 0 unspecified atom stereocenters. The lowest BCUT2D eigenvalue weighted by molar-refractivity contribution is 0.763. The molecule has 1 fully saturated rings. The van der Waals surface area contributed by atoms with Crippen LogP contribution in [0.1, 0.15) is 17.9 Å². The van der Waals surface area contributed by atoms with Gasteiger partial charge >= 0.3 is 0 Å². The zero-order chi connectivity index (χ0) is 9.26. The van der Waals surface area contributed by atoms with Crippen molar-refractivity contribution in [2.45, 2.75) is 17.2 Å². The van der Waals surface area contributed by atoms with Gasteiger partial charge in [0.2, 0.25) is 0 Å². The van der Waals surface area contributed by atoms with E-state index in [0.717, 1.165) is 23.0 Å². The Morgan fingerprint density at radius 2 is 2.21 bits per heavy atom. The van der Waals surface area contributed by atoms with E-state index in [4.69, 9.17) is 11.6 Å². The molecule has 1 aliphatic heterocycles. The number of rotatable bonds is 1. The Kier molecular flexibility index (Phi) is 4.58. The van der Waals surface area contributed by atoms with Gasteiger partial charge in [0.25, 0.3) is 0 Å². The molecule has 0 bridgehead atoms. The lowest BCUT2D eigenvalue weighted by Gasteiger charge is -2.10. The summed E-state index contributed by atoms with van der Waals surface area (Å²) in [6.07, 6.45) is 1.19. The van der Waals surface area contributed by atoms with Crippen LogP contribution in [0.5, 0.6) is 0 Å². The monoisotopic (exact) mass is 249 g/mol. The van der Waals surface area contributed by atoms with Gasteiger partial charge in [0.1, 0.15) is 0 Å². The number of thiol groups is 1. The van der Waals surface area contributed by atoms with Gasteiger partial charge in [0, 0.05) is 16.5 Å². The molecule has 0 spiro atoms. The van der Waals surface area contributed by atoms with Crippen LogP contribution in [0.15, 0.2) is 23.1 Å². The second-order valence-electron chi connectivity index (χ2n) is 3.40. The van der Waals surface area contributed by atoms with E-state index in [0.29, 0.717) is 5.92 Å². The van der Waals surface area contributed by atoms with Crippen molar-refractivity contribution in [3.8, 4) is 0 Å². The summed E-state index contributed by atoms with van der Waals surface area (Å²) >= 11 is 10.4. The molecule has 1 saturated heterocycles. The van der Waals surface area contributed by atoms with E-state index in [9.17, 15) is 0 Å². The lowest BCUT2D eigenvalue weighted by Crippen LogP contribution is -2.08. The number of halogens is 2. The molecule has 1 aromatic rings. The molecule has 0 aliphatic carbocycles. The standard InChI is InChI=1S/C10H12ClNS.ClH/c11-10-5-8(13)1-2-9(10)7-3-4-12-6-7;/h1-2,5,7,12-13H,3-4,6H2;1H/t7-;/m0./s1. The first kappa shape index (κ1) is 12.2. The van der Waals surface area contributed by atoms with Crippen LogP contribution in [0.3, 0.4) is 0 Å². The van der Waals surface area contributed by atoms with E-state index >= 15 is 0 Å². The maximum absolute atomic E-state index is 6.13. The summed E-state index contributed by atoms with van der Waals surface area (Å²) < 4.78 is 0. The number of nitrogens with one attached hydrogen (secondary N) is 1. The molecule has 1 N–H and O–H groups in total. The summed E-state index contributed by atoms with van der Waals surface area (Å²) in [5.41, 5.74) is 1.25. The molecule has 1 aromatic carbocycles. The zero-order valence-electron chi connectivity index (χ0n) is 7.66. The highest BCUT2D eigenvalue weighted by Gasteiger charge is 2.18. The van der Waals surface area contributed by atoms with Gasteiger partial charge in [-0.1, -0.05) is 17.7 Å². The van der Waals surface area contributed by atoms with Crippen LogP contribution in [0.25, 0.3) is 0 Å². The summed E-state index contributed by atoms with van der Waals surface area (Å²) in [5.74, 6) is 0.585. The minimum Gasteiger partial charge on any atom is -0.316 e. The highest BCUT2D eigenvalue weighted by molar-refractivity contribution is 7.80. The second-order valence-corrected chi connectivity index (χ2v) is 4.32. The van der Waals surface area contributed by atoms with Crippen LogP contribution < -0.4 is 5.32 Å². The molecule has 0 aromatic heterocycles. The van der Waals surface area contributed by atoms with Crippen LogP contribution in [-0.2, 0) is 0 Å². The average molecular weight is 250 g/mol. The topological polar surface area (TPSA) is 12.0 Å². The highest BCUT2D eigenvalue weighted by Crippen LogP contribution is 2.30. The van der Waals surface area contributed by atoms with E-state index in [-0.39, 0.29) is 12.4 Å². The molecule has 4 heteroatoms. The maximum atomic E-state index is 6.13. The van der Waals surface area contributed by atoms with Crippen LogP contribution >= 0.6 is 36.6 Å². The van der Waals surface area contributed by atoms with Crippen LogP contribution in [0.2, 0.25) is 5.02 Å². The van der Waals surface area contributed by atoms with E-state index in [1.165, 1.54) is 12.0 Å². The molecule has 0 saturated carbocycles. The summed E-state index contributed by atoms with van der Waals surface area (Å²) in [6.45, 7) is 2.15. The zero-order valence-corrected chi connectivity index (χ0v) is 10.1. The van der Waals surface area contributed by atoms with Crippen molar-refractivity contribution in [1.82, 2.24) is 5.32 Å².